The van der Waals surface area contributed by atoms with Crippen LogP contribution in [-0.4, -0.2) is 47.2 Å². The van der Waals surface area contributed by atoms with E-state index in [1.807, 2.05) is 55.5 Å². The van der Waals surface area contributed by atoms with Crippen LogP contribution in [0.5, 0.6) is 0 Å². The topological polar surface area (TPSA) is 82.6 Å². The van der Waals surface area contributed by atoms with Gasteiger partial charge in [-0.1, -0.05) is 30.3 Å². The van der Waals surface area contributed by atoms with Gasteiger partial charge in [0.15, 0.2) is 0 Å². The number of anilines is 2. The fraction of sp³-hybridized carbons (Fsp3) is 0.308. The summed E-state index contributed by atoms with van der Waals surface area (Å²) in [6.07, 6.45) is 2.37. The Labute approximate surface area is 192 Å². The number of aromatic nitrogens is 1. The summed E-state index contributed by atoms with van der Waals surface area (Å²) < 4.78 is 0. The van der Waals surface area contributed by atoms with Gasteiger partial charge >= 0.3 is 0 Å². The van der Waals surface area contributed by atoms with E-state index in [1.165, 1.54) is 4.90 Å². The lowest BCUT2D eigenvalue weighted by molar-refractivity contribution is -0.119. The summed E-state index contributed by atoms with van der Waals surface area (Å²) in [5.41, 5.74) is 3.55. The fourth-order valence-electron chi connectivity index (χ4n) is 4.49. The van der Waals surface area contributed by atoms with Gasteiger partial charge in [0.2, 0.25) is 11.8 Å². The highest BCUT2D eigenvalue weighted by atomic mass is 16.2. The molecule has 1 aromatic heterocycles. The van der Waals surface area contributed by atoms with Gasteiger partial charge in [-0.3, -0.25) is 19.4 Å². The van der Waals surface area contributed by atoms with Crippen LogP contribution < -0.4 is 10.2 Å². The number of rotatable bonds is 4. The Morgan fingerprint density at radius 1 is 1.12 bits per heavy atom. The smallest absolute Gasteiger partial charge is 0.254 e. The number of nitrogens with zero attached hydrogens (tertiary/aromatic N) is 3. The molecule has 2 aliphatic rings. The minimum Gasteiger partial charge on any atom is -0.332 e. The first kappa shape index (κ1) is 21.1. The maximum absolute atomic E-state index is 13.5. The first-order chi connectivity index (χ1) is 15.9. The molecule has 7 heteroatoms. The summed E-state index contributed by atoms with van der Waals surface area (Å²) in [5.74, 6) is -0.171. The number of fused-ring (bicyclic) bond motifs is 2. The van der Waals surface area contributed by atoms with Crippen molar-refractivity contribution >= 4 is 40.0 Å². The van der Waals surface area contributed by atoms with Crippen LogP contribution in [-0.2, 0) is 9.59 Å². The summed E-state index contributed by atoms with van der Waals surface area (Å²) in [6, 6.07) is 16.4. The molecule has 1 fully saturated rings. The van der Waals surface area contributed by atoms with Crippen LogP contribution in [0.1, 0.15) is 48.2 Å². The molecule has 7 nitrogen and oxygen atoms in total. The molecule has 0 bridgehead atoms. The third-order valence-electron chi connectivity index (χ3n) is 6.31. The quantitative estimate of drug-likeness (QED) is 0.663. The summed E-state index contributed by atoms with van der Waals surface area (Å²) in [6.45, 7) is 1.75. The highest BCUT2D eigenvalue weighted by molar-refractivity contribution is 6.09. The number of nitrogens with one attached hydrogen (secondary N) is 1. The van der Waals surface area contributed by atoms with Crippen LogP contribution in [0.15, 0.2) is 54.6 Å². The van der Waals surface area contributed by atoms with Crippen molar-refractivity contribution in [2.24, 2.45) is 0 Å². The molecular formula is C26H26N4O3. The SMILES string of the molecule is C[C@H]1CC(=O)Nc2ccccc2N1C(=O)CN(C)C(=O)c1cc(C2CC2)nc2ccccc12. The standard InChI is InChI=1S/C26H26N4O3/c1-16-13-24(31)28-21-9-5-6-10-23(21)30(16)25(32)15-29(2)26(33)19-14-22(17-11-12-17)27-20-8-4-3-7-18(19)20/h3-10,14,16-17H,11-13,15H2,1-2H3,(H,28,31)/t16-/m0/s1. The highest BCUT2D eigenvalue weighted by Crippen LogP contribution is 2.40. The van der Waals surface area contributed by atoms with E-state index in [-0.39, 0.29) is 36.7 Å². The predicted octanol–water partition coefficient (Wildman–Crippen LogP) is 3.95. The molecule has 1 atom stereocenters. The van der Waals surface area contributed by atoms with E-state index in [1.54, 1.807) is 18.0 Å². The summed E-state index contributed by atoms with van der Waals surface area (Å²) in [7, 11) is 1.64. The lowest BCUT2D eigenvalue weighted by Crippen LogP contribution is -2.45. The minimum atomic E-state index is -0.326. The van der Waals surface area contributed by atoms with Gasteiger partial charge in [-0.25, -0.2) is 0 Å². The molecule has 3 aromatic rings. The molecule has 0 saturated heterocycles. The number of carbonyl (C=O) groups is 3. The van der Waals surface area contributed by atoms with Crippen molar-refractivity contribution in [2.75, 3.05) is 23.8 Å². The molecule has 1 aliphatic heterocycles. The molecule has 168 valence electrons. The molecule has 1 saturated carbocycles. The van der Waals surface area contributed by atoms with E-state index in [4.69, 9.17) is 4.98 Å². The van der Waals surface area contributed by atoms with Crippen LogP contribution in [0.4, 0.5) is 11.4 Å². The van der Waals surface area contributed by atoms with Crippen molar-refractivity contribution in [1.82, 2.24) is 9.88 Å². The summed E-state index contributed by atoms with van der Waals surface area (Å²) in [5, 5.41) is 3.65. The van der Waals surface area contributed by atoms with Gasteiger partial charge in [0.25, 0.3) is 5.91 Å². The number of benzene rings is 2. The average Bonchev–Trinajstić information content (AvgIpc) is 3.65. The molecular weight excluding hydrogens is 416 g/mol. The lowest BCUT2D eigenvalue weighted by Gasteiger charge is -2.30. The number of hydrogen-bond donors (Lipinski definition) is 1. The lowest BCUT2D eigenvalue weighted by atomic mass is 10.0. The molecule has 2 aromatic carbocycles. The van der Waals surface area contributed by atoms with Crippen LogP contribution >= 0.6 is 0 Å². The largest absolute Gasteiger partial charge is 0.332 e. The number of amides is 3. The van der Waals surface area contributed by atoms with Gasteiger partial charge in [0, 0.05) is 36.5 Å². The van der Waals surface area contributed by atoms with Crippen molar-refractivity contribution in [3.8, 4) is 0 Å². The maximum atomic E-state index is 13.5. The van der Waals surface area contributed by atoms with E-state index in [2.05, 4.69) is 5.32 Å². The van der Waals surface area contributed by atoms with E-state index in [0.29, 0.717) is 22.9 Å². The van der Waals surface area contributed by atoms with Gasteiger partial charge in [-0.2, -0.15) is 0 Å². The van der Waals surface area contributed by atoms with Crippen LogP contribution in [0.25, 0.3) is 10.9 Å². The normalized spacial score (nSPS) is 17.8. The van der Waals surface area contributed by atoms with Crippen LogP contribution in [0.2, 0.25) is 0 Å². The van der Waals surface area contributed by atoms with Crippen molar-refractivity contribution in [3.05, 3.63) is 65.9 Å². The molecule has 2 heterocycles. The molecule has 0 spiro atoms. The zero-order valence-electron chi connectivity index (χ0n) is 18.7. The number of hydrogen-bond acceptors (Lipinski definition) is 4. The number of carbonyl (C=O) groups excluding carboxylic acids is 3. The van der Waals surface area contributed by atoms with Gasteiger partial charge in [0.1, 0.15) is 6.54 Å². The van der Waals surface area contributed by atoms with Crippen molar-refractivity contribution < 1.29 is 14.4 Å². The van der Waals surface area contributed by atoms with Gasteiger partial charge in [0.05, 0.1) is 22.5 Å². The molecule has 0 unspecified atom stereocenters. The average molecular weight is 443 g/mol. The molecule has 1 N–H and O–H groups in total. The van der Waals surface area contributed by atoms with Gasteiger partial charge in [-0.05, 0) is 44.0 Å². The van der Waals surface area contributed by atoms with E-state index in [9.17, 15) is 14.4 Å². The van der Waals surface area contributed by atoms with E-state index in [0.717, 1.165) is 29.4 Å². The van der Waals surface area contributed by atoms with Gasteiger partial charge in [-0.15, -0.1) is 0 Å². The van der Waals surface area contributed by atoms with Crippen molar-refractivity contribution in [1.29, 1.82) is 0 Å². The van der Waals surface area contributed by atoms with Gasteiger partial charge < -0.3 is 15.1 Å². The highest BCUT2D eigenvalue weighted by Gasteiger charge is 2.32. The predicted molar refractivity (Wildman–Crippen MR) is 127 cm³/mol. The Balaban J connectivity index is 1.43. The Morgan fingerprint density at radius 3 is 2.64 bits per heavy atom. The summed E-state index contributed by atoms with van der Waals surface area (Å²) in [4.78, 5) is 46.9. The Hall–Kier alpha value is -3.74. The molecule has 5 rings (SSSR count). The number of likely N-dealkylation sites (N-methyl/N-ethyl adjacent to an activating group) is 1. The maximum Gasteiger partial charge on any atom is 0.254 e. The Morgan fingerprint density at radius 2 is 1.85 bits per heavy atom. The van der Waals surface area contributed by atoms with Crippen molar-refractivity contribution in [3.63, 3.8) is 0 Å². The molecule has 0 radical (unpaired) electrons. The first-order valence-electron chi connectivity index (χ1n) is 11.3. The zero-order chi connectivity index (χ0) is 23.1. The first-order valence-corrected chi connectivity index (χ1v) is 11.3. The Kier molecular flexibility index (Phi) is 5.32. The van der Waals surface area contributed by atoms with Crippen LogP contribution in [0.3, 0.4) is 0 Å². The third-order valence-corrected chi connectivity index (χ3v) is 6.31. The molecule has 3 amide bonds. The second-order valence-electron chi connectivity index (χ2n) is 8.93. The molecule has 33 heavy (non-hydrogen) atoms. The number of pyridine rings is 1. The Bertz CT molecular complexity index is 1270. The van der Waals surface area contributed by atoms with E-state index >= 15 is 0 Å². The number of para-hydroxylation sites is 3. The second-order valence-corrected chi connectivity index (χ2v) is 8.93. The van der Waals surface area contributed by atoms with E-state index < -0.39 is 0 Å². The second kappa shape index (κ2) is 8.31. The van der Waals surface area contributed by atoms with Crippen molar-refractivity contribution in [2.45, 2.75) is 38.1 Å². The minimum absolute atomic E-state index is 0.0961. The third kappa shape index (κ3) is 4.06. The fourth-order valence-corrected chi connectivity index (χ4v) is 4.49. The zero-order valence-corrected chi connectivity index (χ0v) is 18.7. The summed E-state index contributed by atoms with van der Waals surface area (Å²) >= 11 is 0. The molecule has 1 aliphatic carbocycles. The monoisotopic (exact) mass is 442 g/mol. The van der Waals surface area contributed by atoms with Crippen LogP contribution in [0, 0.1) is 0 Å².